The highest BCUT2D eigenvalue weighted by molar-refractivity contribution is 5.80. The molecule has 1 aliphatic heterocycles. The smallest absolute Gasteiger partial charge is 0.225 e. The van der Waals surface area contributed by atoms with Gasteiger partial charge in [0.25, 0.3) is 0 Å². The van der Waals surface area contributed by atoms with E-state index in [0.717, 1.165) is 69.4 Å². The first kappa shape index (κ1) is 23.1. The summed E-state index contributed by atoms with van der Waals surface area (Å²) < 4.78 is 5.72. The summed E-state index contributed by atoms with van der Waals surface area (Å²) in [7, 11) is 1.78. The largest absolute Gasteiger partial charge is 0.489 e. The van der Waals surface area contributed by atoms with E-state index in [1.165, 1.54) is 12.8 Å². The molecule has 2 N–H and O–H groups in total. The van der Waals surface area contributed by atoms with Gasteiger partial charge in [0.15, 0.2) is 5.96 Å². The van der Waals surface area contributed by atoms with E-state index in [4.69, 9.17) is 4.74 Å². The van der Waals surface area contributed by atoms with Crippen molar-refractivity contribution in [2.24, 2.45) is 10.9 Å². The fourth-order valence-electron chi connectivity index (χ4n) is 4.29. The van der Waals surface area contributed by atoms with Gasteiger partial charge in [-0.15, -0.1) is 0 Å². The number of carbonyl (C=O) groups excluding carboxylic acids is 1. The predicted molar refractivity (Wildman–Crippen MR) is 125 cm³/mol. The normalized spacial score (nSPS) is 18.1. The Hall–Kier alpha value is -2.54. The Morgan fingerprint density at radius 3 is 2.65 bits per heavy atom. The summed E-state index contributed by atoms with van der Waals surface area (Å²) in [6, 6.07) is 7.99. The van der Waals surface area contributed by atoms with Gasteiger partial charge < -0.3 is 20.3 Å². The van der Waals surface area contributed by atoms with Gasteiger partial charge in [0.2, 0.25) is 5.91 Å². The maximum absolute atomic E-state index is 12.6. The number of hydrogen-bond donors (Lipinski definition) is 2. The molecule has 1 aromatic carbocycles. The number of hydrogen-bond acceptors (Lipinski definition) is 4. The maximum atomic E-state index is 12.6. The lowest BCUT2D eigenvalue weighted by molar-refractivity contribution is -0.137. The number of nitrogens with one attached hydrogen (secondary N) is 2. The number of amides is 1. The van der Waals surface area contributed by atoms with Crippen LogP contribution < -0.4 is 15.4 Å². The van der Waals surface area contributed by atoms with Crippen LogP contribution in [0.5, 0.6) is 5.75 Å². The van der Waals surface area contributed by atoms with Crippen LogP contribution in [-0.4, -0.2) is 74.6 Å². The molecule has 7 heteroatoms. The molecule has 0 atom stereocenters. The van der Waals surface area contributed by atoms with Crippen molar-refractivity contribution in [3.8, 4) is 5.75 Å². The van der Waals surface area contributed by atoms with Crippen LogP contribution in [0, 0.1) is 5.92 Å². The minimum Gasteiger partial charge on any atom is -0.489 e. The molecule has 0 bridgehead atoms. The number of guanidine groups is 1. The van der Waals surface area contributed by atoms with Gasteiger partial charge in [-0.3, -0.25) is 14.7 Å². The van der Waals surface area contributed by atoms with Crippen molar-refractivity contribution >= 4 is 11.9 Å². The minimum atomic E-state index is 0.287. The van der Waals surface area contributed by atoms with Crippen LogP contribution >= 0.6 is 0 Å². The van der Waals surface area contributed by atoms with Crippen LogP contribution in [0.4, 0.5) is 0 Å². The first-order chi connectivity index (χ1) is 15.2. The highest BCUT2D eigenvalue weighted by Gasteiger charge is 2.29. The van der Waals surface area contributed by atoms with Crippen LogP contribution in [0.3, 0.4) is 0 Å². The first-order valence-electron chi connectivity index (χ1n) is 11.5. The van der Waals surface area contributed by atoms with Crippen molar-refractivity contribution < 1.29 is 9.53 Å². The molecule has 0 spiro atoms. The summed E-state index contributed by atoms with van der Waals surface area (Å²) in [6.07, 6.45) is 6.34. The molecule has 0 aromatic heterocycles. The van der Waals surface area contributed by atoms with Crippen LogP contribution in [-0.2, 0) is 11.3 Å². The lowest BCUT2D eigenvalue weighted by Gasteiger charge is -2.36. The molecule has 0 unspecified atom stereocenters. The highest BCUT2D eigenvalue weighted by atomic mass is 16.5. The number of para-hydroxylation sites is 1. The monoisotopic (exact) mass is 427 g/mol. The summed E-state index contributed by atoms with van der Waals surface area (Å²) in [5, 5.41) is 6.74. The second kappa shape index (κ2) is 12.3. The maximum Gasteiger partial charge on any atom is 0.225 e. The van der Waals surface area contributed by atoms with Crippen LogP contribution in [0.1, 0.15) is 31.2 Å². The number of benzene rings is 1. The quantitative estimate of drug-likeness (QED) is 0.359. The first-order valence-corrected chi connectivity index (χ1v) is 11.5. The van der Waals surface area contributed by atoms with Gasteiger partial charge in [-0.25, -0.2) is 0 Å². The van der Waals surface area contributed by atoms with Gasteiger partial charge in [0.1, 0.15) is 12.4 Å². The van der Waals surface area contributed by atoms with Gasteiger partial charge in [-0.2, -0.15) is 0 Å². The van der Waals surface area contributed by atoms with Gasteiger partial charge >= 0.3 is 0 Å². The van der Waals surface area contributed by atoms with E-state index in [1.807, 2.05) is 24.3 Å². The molecule has 7 nitrogen and oxygen atoms in total. The third kappa shape index (κ3) is 6.99. The molecule has 31 heavy (non-hydrogen) atoms. The molecule has 1 aromatic rings. The van der Waals surface area contributed by atoms with Crippen molar-refractivity contribution in [2.45, 2.75) is 32.2 Å². The van der Waals surface area contributed by atoms with Crippen molar-refractivity contribution in [3.05, 3.63) is 42.5 Å². The molecule has 1 saturated carbocycles. The lowest BCUT2D eigenvalue weighted by atomic mass is 10.1. The number of carbonyl (C=O) groups is 1. The summed E-state index contributed by atoms with van der Waals surface area (Å²) in [6.45, 7) is 10.2. The van der Waals surface area contributed by atoms with E-state index in [1.54, 1.807) is 13.1 Å². The van der Waals surface area contributed by atoms with E-state index < -0.39 is 0 Å². The summed E-state index contributed by atoms with van der Waals surface area (Å²) in [5.74, 6) is 2.30. The summed E-state index contributed by atoms with van der Waals surface area (Å²) >= 11 is 0. The Balaban J connectivity index is 1.35. The zero-order valence-corrected chi connectivity index (χ0v) is 18.8. The number of aliphatic imine (C=N–C) groups is 1. The van der Waals surface area contributed by atoms with Crippen LogP contribution in [0.15, 0.2) is 41.9 Å². The molecule has 1 saturated heterocycles. The summed E-state index contributed by atoms with van der Waals surface area (Å²) in [4.78, 5) is 21.4. The Kier molecular flexibility index (Phi) is 9.21. The molecule has 1 amide bonds. The molecule has 2 aliphatic rings. The molecule has 1 heterocycles. The molecule has 3 rings (SSSR count). The zero-order chi connectivity index (χ0) is 21.9. The van der Waals surface area contributed by atoms with E-state index in [2.05, 4.69) is 32.0 Å². The Labute approximate surface area is 186 Å². The topological polar surface area (TPSA) is 69.2 Å². The highest BCUT2D eigenvalue weighted by Crippen LogP contribution is 2.26. The fraction of sp³-hybridized carbons (Fsp3) is 0.583. The fourth-order valence-corrected chi connectivity index (χ4v) is 4.29. The lowest BCUT2D eigenvalue weighted by Crippen LogP contribution is -2.51. The van der Waals surface area contributed by atoms with Crippen LogP contribution in [0.2, 0.25) is 0 Å². The van der Waals surface area contributed by atoms with Crippen molar-refractivity contribution in [3.63, 3.8) is 0 Å². The van der Waals surface area contributed by atoms with E-state index >= 15 is 0 Å². The SMILES string of the molecule is C=CCOc1ccccc1CNC(=NC)NCCN1CCN(C(=O)C2CCCC2)CC1. The Bertz CT molecular complexity index is 737. The van der Waals surface area contributed by atoms with Gasteiger partial charge in [0, 0.05) is 64.3 Å². The predicted octanol–water partition coefficient (Wildman–Crippen LogP) is 2.25. The number of piperazine rings is 1. The third-order valence-corrected chi connectivity index (χ3v) is 6.11. The van der Waals surface area contributed by atoms with E-state index in [0.29, 0.717) is 19.1 Å². The Morgan fingerprint density at radius 1 is 1.19 bits per heavy atom. The second-order valence-corrected chi connectivity index (χ2v) is 8.21. The molecular weight excluding hydrogens is 390 g/mol. The average molecular weight is 428 g/mol. The zero-order valence-electron chi connectivity index (χ0n) is 18.8. The number of rotatable bonds is 9. The number of ether oxygens (including phenoxy) is 1. The third-order valence-electron chi connectivity index (χ3n) is 6.11. The van der Waals surface area contributed by atoms with Gasteiger partial charge in [-0.1, -0.05) is 43.7 Å². The van der Waals surface area contributed by atoms with Gasteiger partial charge in [0.05, 0.1) is 0 Å². The van der Waals surface area contributed by atoms with E-state index in [9.17, 15) is 4.79 Å². The molecule has 170 valence electrons. The Morgan fingerprint density at radius 2 is 1.94 bits per heavy atom. The van der Waals surface area contributed by atoms with Crippen molar-refractivity contribution in [1.29, 1.82) is 0 Å². The molecule has 1 aliphatic carbocycles. The molecular formula is C24H37N5O2. The van der Waals surface area contributed by atoms with Crippen LogP contribution in [0.25, 0.3) is 0 Å². The van der Waals surface area contributed by atoms with Crippen molar-refractivity contribution in [2.75, 3.05) is 52.9 Å². The van der Waals surface area contributed by atoms with Crippen molar-refractivity contribution in [1.82, 2.24) is 20.4 Å². The summed E-state index contributed by atoms with van der Waals surface area (Å²) in [5.41, 5.74) is 1.08. The molecule has 0 radical (unpaired) electrons. The minimum absolute atomic E-state index is 0.287. The number of nitrogens with zero attached hydrogens (tertiary/aromatic N) is 3. The molecule has 2 fully saturated rings. The van der Waals surface area contributed by atoms with Gasteiger partial charge in [-0.05, 0) is 18.9 Å². The second-order valence-electron chi connectivity index (χ2n) is 8.21. The standard InChI is InChI=1S/C24H37N5O2/c1-3-18-31-22-11-7-6-10-21(22)19-27-24(25-2)26-12-13-28-14-16-29(17-15-28)23(30)20-8-4-5-9-20/h3,6-7,10-11,20H,1,4-5,8-9,12-19H2,2H3,(H2,25,26,27). The average Bonchev–Trinajstić information content (AvgIpc) is 3.35. The van der Waals surface area contributed by atoms with E-state index in [-0.39, 0.29) is 5.92 Å².